The molecule has 1 aliphatic carbocycles. The number of nitro groups is 1. The largest absolute Gasteiger partial charge is 0.377 e. The molecule has 0 amide bonds. The molecular weight excluding hydrogens is 320 g/mol. The van der Waals surface area contributed by atoms with Crippen LogP contribution in [0.15, 0.2) is 24.3 Å². The van der Waals surface area contributed by atoms with Gasteiger partial charge in [0.25, 0.3) is 5.69 Å². The van der Waals surface area contributed by atoms with E-state index in [1.807, 2.05) is 0 Å². The molecule has 0 spiro atoms. The number of hydrogen-bond donors (Lipinski definition) is 1. The van der Waals surface area contributed by atoms with Gasteiger partial charge in [-0.15, -0.1) is 0 Å². The Kier molecular flexibility index (Phi) is 3.41. The summed E-state index contributed by atoms with van der Waals surface area (Å²) in [6, 6.07) is 8.43. The van der Waals surface area contributed by atoms with Crippen molar-refractivity contribution in [2.45, 2.75) is 32.4 Å². The lowest BCUT2D eigenvalue weighted by Crippen LogP contribution is -2.63. The fourth-order valence-corrected chi connectivity index (χ4v) is 4.27. The predicted octanol–water partition coefficient (Wildman–Crippen LogP) is 3.24. The predicted molar refractivity (Wildman–Crippen MR) is 92.2 cm³/mol. The van der Waals surface area contributed by atoms with Gasteiger partial charge in [-0.05, 0) is 18.6 Å². The van der Waals surface area contributed by atoms with Crippen LogP contribution in [0.4, 0.5) is 11.5 Å². The van der Waals surface area contributed by atoms with Crippen LogP contribution < -0.4 is 5.32 Å². The minimum absolute atomic E-state index is 0.0000840. The molecule has 7 heteroatoms. The van der Waals surface area contributed by atoms with Crippen molar-refractivity contribution in [3.8, 4) is 6.07 Å². The van der Waals surface area contributed by atoms with E-state index in [1.165, 1.54) is 12.1 Å². The second-order valence-electron chi connectivity index (χ2n) is 7.31. The van der Waals surface area contributed by atoms with E-state index in [9.17, 15) is 15.4 Å². The van der Waals surface area contributed by atoms with Crippen LogP contribution in [-0.2, 0) is 4.74 Å². The summed E-state index contributed by atoms with van der Waals surface area (Å²) in [6.07, 6.45) is 1.29. The Bertz CT molecular complexity index is 918. The molecule has 2 heterocycles. The molecule has 1 aromatic carbocycles. The number of hydrogen-bond acceptors (Lipinski definition) is 6. The summed E-state index contributed by atoms with van der Waals surface area (Å²) < 4.78 is 5.81. The summed E-state index contributed by atoms with van der Waals surface area (Å²) in [5, 5.41) is 24.4. The fraction of sp³-hybridized carbons (Fsp3) is 0.444. The van der Waals surface area contributed by atoms with Crippen LogP contribution in [0.5, 0.6) is 0 Å². The molecule has 3 atom stereocenters. The Balaban J connectivity index is 1.70. The highest BCUT2D eigenvalue weighted by Gasteiger charge is 2.59. The number of benzene rings is 1. The molecule has 0 bridgehead atoms. The van der Waals surface area contributed by atoms with Gasteiger partial charge >= 0.3 is 0 Å². The molecule has 2 fully saturated rings. The van der Waals surface area contributed by atoms with E-state index in [2.05, 4.69) is 30.2 Å². The zero-order valence-corrected chi connectivity index (χ0v) is 14.0. The van der Waals surface area contributed by atoms with E-state index in [0.717, 1.165) is 13.0 Å². The Morgan fingerprint density at radius 3 is 2.96 bits per heavy atom. The van der Waals surface area contributed by atoms with Gasteiger partial charge in [-0.3, -0.25) is 10.1 Å². The number of aromatic nitrogens is 1. The second kappa shape index (κ2) is 5.39. The van der Waals surface area contributed by atoms with Gasteiger partial charge in [-0.1, -0.05) is 13.8 Å². The second-order valence-corrected chi connectivity index (χ2v) is 7.31. The van der Waals surface area contributed by atoms with Gasteiger partial charge in [0.05, 0.1) is 28.2 Å². The number of anilines is 1. The van der Waals surface area contributed by atoms with Crippen molar-refractivity contribution >= 4 is 22.4 Å². The summed E-state index contributed by atoms with van der Waals surface area (Å²) in [4.78, 5) is 15.1. The van der Waals surface area contributed by atoms with Crippen LogP contribution in [0.1, 0.15) is 25.8 Å². The van der Waals surface area contributed by atoms with E-state index in [0.29, 0.717) is 28.2 Å². The first-order valence-electron chi connectivity index (χ1n) is 8.29. The van der Waals surface area contributed by atoms with Gasteiger partial charge in [0.2, 0.25) is 0 Å². The molecule has 25 heavy (non-hydrogen) atoms. The van der Waals surface area contributed by atoms with Crippen LogP contribution in [0.3, 0.4) is 0 Å². The number of nitrogens with one attached hydrogen (secondary N) is 1. The number of fused-ring (bicyclic) bond motifs is 2. The van der Waals surface area contributed by atoms with Crippen LogP contribution in [0.25, 0.3) is 10.9 Å². The highest BCUT2D eigenvalue weighted by atomic mass is 16.6. The van der Waals surface area contributed by atoms with E-state index in [4.69, 9.17) is 4.74 Å². The molecule has 4 rings (SSSR count). The first-order chi connectivity index (χ1) is 11.9. The van der Waals surface area contributed by atoms with Gasteiger partial charge < -0.3 is 10.1 Å². The van der Waals surface area contributed by atoms with Crippen LogP contribution >= 0.6 is 0 Å². The molecule has 1 saturated carbocycles. The van der Waals surface area contributed by atoms with Crippen molar-refractivity contribution < 1.29 is 9.66 Å². The molecule has 7 nitrogen and oxygen atoms in total. The summed E-state index contributed by atoms with van der Waals surface area (Å²) in [6.45, 7) is 5.13. The molecular formula is C18H18N4O3. The average molecular weight is 338 g/mol. The van der Waals surface area contributed by atoms with Crippen molar-refractivity contribution in [2.24, 2.45) is 11.3 Å². The molecule has 1 aliphatic heterocycles. The standard InChI is InChI=1S/C18H18N4O3/c1-18(2)16(12-5-6-25-17(12)18)21-15-7-10(9-19)13-8-11(22(23)24)3-4-14(13)20-15/h3-4,7-8,12,16-17H,5-6H2,1-2H3,(H,20,21)/t12-,16+,17-/m0/s1. The summed E-state index contributed by atoms with van der Waals surface area (Å²) in [5.41, 5.74) is 0.911. The van der Waals surface area contributed by atoms with Crippen molar-refractivity contribution in [1.82, 2.24) is 4.98 Å². The number of pyridine rings is 1. The van der Waals surface area contributed by atoms with Crippen LogP contribution in [0.2, 0.25) is 0 Å². The zero-order chi connectivity index (χ0) is 17.8. The molecule has 128 valence electrons. The lowest BCUT2D eigenvalue weighted by atomic mass is 9.57. The van der Waals surface area contributed by atoms with Crippen molar-refractivity contribution in [1.29, 1.82) is 5.26 Å². The minimum Gasteiger partial charge on any atom is -0.377 e. The summed E-state index contributed by atoms with van der Waals surface area (Å²) in [7, 11) is 0. The zero-order valence-electron chi connectivity index (χ0n) is 14.0. The van der Waals surface area contributed by atoms with E-state index >= 15 is 0 Å². The third-order valence-corrected chi connectivity index (χ3v) is 5.53. The minimum atomic E-state index is -0.468. The van der Waals surface area contributed by atoms with Crippen LogP contribution in [-0.4, -0.2) is 28.7 Å². The summed E-state index contributed by atoms with van der Waals surface area (Å²) in [5.74, 6) is 1.08. The molecule has 0 unspecified atom stereocenters. The van der Waals surface area contributed by atoms with E-state index in [-0.39, 0.29) is 23.2 Å². The topological polar surface area (TPSA) is 101 Å². The molecule has 1 aromatic heterocycles. The number of rotatable bonds is 3. The van der Waals surface area contributed by atoms with Gasteiger partial charge in [0.1, 0.15) is 5.82 Å². The van der Waals surface area contributed by atoms with Crippen molar-refractivity contribution in [3.05, 3.63) is 39.9 Å². The monoisotopic (exact) mass is 338 g/mol. The maximum atomic E-state index is 11.0. The van der Waals surface area contributed by atoms with E-state index < -0.39 is 4.92 Å². The Morgan fingerprint density at radius 2 is 2.24 bits per heavy atom. The van der Waals surface area contributed by atoms with Gasteiger partial charge in [0, 0.05) is 41.5 Å². The van der Waals surface area contributed by atoms with Gasteiger partial charge in [-0.25, -0.2) is 4.98 Å². The molecule has 0 radical (unpaired) electrons. The summed E-state index contributed by atoms with van der Waals surface area (Å²) >= 11 is 0. The fourth-order valence-electron chi connectivity index (χ4n) is 4.27. The third kappa shape index (κ3) is 2.33. The Hall–Kier alpha value is -2.72. The van der Waals surface area contributed by atoms with Crippen molar-refractivity contribution in [2.75, 3.05) is 11.9 Å². The molecule has 2 aromatic rings. The number of nitro benzene ring substituents is 1. The quantitative estimate of drug-likeness (QED) is 0.681. The highest BCUT2D eigenvalue weighted by Crippen LogP contribution is 2.53. The van der Waals surface area contributed by atoms with Gasteiger partial charge in [0.15, 0.2) is 0 Å². The third-order valence-electron chi connectivity index (χ3n) is 5.53. The number of non-ortho nitro benzene ring substituents is 1. The SMILES string of the molecule is CC1(C)[C@H](Nc2cc(C#N)c3cc([N+](=O)[O-])ccc3n2)[C@@H]2CCO[C@@H]21. The average Bonchev–Trinajstić information content (AvgIpc) is 3.05. The normalized spacial score (nSPS) is 26.5. The maximum absolute atomic E-state index is 11.0. The molecule has 1 N–H and O–H groups in total. The maximum Gasteiger partial charge on any atom is 0.270 e. The van der Waals surface area contributed by atoms with Crippen molar-refractivity contribution in [3.63, 3.8) is 0 Å². The smallest absolute Gasteiger partial charge is 0.270 e. The molecule has 1 saturated heterocycles. The van der Waals surface area contributed by atoms with Crippen LogP contribution in [0, 0.1) is 32.8 Å². The number of ether oxygens (including phenoxy) is 1. The first-order valence-corrected chi connectivity index (χ1v) is 8.29. The highest BCUT2D eigenvalue weighted by molar-refractivity contribution is 5.88. The molecule has 2 aliphatic rings. The lowest BCUT2D eigenvalue weighted by Gasteiger charge is -2.54. The Labute approximate surface area is 144 Å². The first kappa shape index (κ1) is 15.8. The lowest BCUT2D eigenvalue weighted by molar-refractivity contribution is -0.384. The van der Waals surface area contributed by atoms with E-state index in [1.54, 1.807) is 12.1 Å². The number of nitrogens with zero attached hydrogens (tertiary/aromatic N) is 3. The Morgan fingerprint density at radius 1 is 1.44 bits per heavy atom. The van der Waals surface area contributed by atoms with Gasteiger partial charge in [-0.2, -0.15) is 5.26 Å². The number of nitriles is 1.